The molecule has 1 saturated heterocycles. The van der Waals surface area contributed by atoms with Gasteiger partial charge < -0.3 is 10.2 Å². The molecule has 1 fully saturated rings. The Morgan fingerprint density at radius 3 is 2.44 bits per heavy atom. The molecule has 0 aromatic rings. The van der Waals surface area contributed by atoms with E-state index in [1.807, 2.05) is 6.54 Å². The molecule has 0 bridgehead atoms. The van der Waals surface area contributed by atoms with Crippen LogP contribution < -0.4 is 29.6 Å². The van der Waals surface area contributed by atoms with Crippen molar-refractivity contribution in [2.75, 3.05) is 26.8 Å². The van der Waals surface area contributed by atoms with Crippen molar-refractivity contribution in [2.24, 2.45) is 0 Å². The molecule has 0 unspecified atom stereocenters. The molecule has 9 heavy (non-hydrogen) atoms. The van der Waals surface area contributed by atoms with Gasteiger partial charge in [0, 0.05) is 6.54 Å². The number of ether oxygens (including phenoxy) is 1. The predicted octanol–water partition coefficient (Wildman–Crippen LogP) is -3.06. The van der Waals surface area contributed by atoms with E-state index in [1.54, 1.807) is 0 Å². The van der Waals surface area contributed by atoms with Crippen molar-refractivity contribution in [3.05, 3.63) is 6.54 Å². The molecule has 4 heteroatoms. The van der Waals surface area contributed by atoms with Crippen molar-refractivity contribution in [2.45, 2.75) is 0 Å². The Balaban J connectivity index is 0. The number of rotatable bonds is 0. The first-order chi connectivity index (χ1) is 3.39. The molecular weight excluding hydrogens is 129 g/mol. The van der Waals surface area contributed by atoms with Crippen molar-refractivity contribution in [3.63, 3.8) is 0 Å². The van der Waals surface area contributed by atoms with Gasteiger partial charge in [-0.15, -0.1) is 0 Å². The van der Waals surface area contributed by atoms with Crippen LogP contribution in [0.3, 0.4) is 0 Å². The van der Waals surface area contributed by atoms with Gasteiger partial charge in [0.1, 0.15) is 0 Å². The average molecular weight is 140 g/mol. The topological polar surface area (TPSA) is 42.5 Å². The van der Waals surface area contributed by atoms with Gasteiger partial charge in [-0.05, 0) is 7.05 Å². The Morgan fingerprint density at radius 2 is 2.22 bits per heavy atom. The van der Waals surface area contributed by atoms with Gasteiger partial charge in [0.05, 0.1) is 19.8 Å². The van der Waals surface area contributed by atoms with Crippen molar-refractivity contribution < 1.29 is 39.8 Å². The molecule has 0 aromatic carbocycles. The van der Waals surface area contributed by atoms with Crippen LogP contribution in [0, 0.1) is 6.54 Å². The van der Waals surface area contributed by atoms with Crippen LogP contribution in [0.4, 0.5) is 0 Å². The van der Waals surface area contributed by atoms with Crippen LogP contribution in [0.2, 0.25) is 0 Å². The fourth-order valence-electron chi connectivity index (χ4n) is 0.563. The molecule has 1 heterocycles. The van der Waals surface area contributed by atoms with Gasteiger partial charge in [-0.25, -0.2) is 0 Å². The van der Waals surface area contributed by atoms with Crippen LogP contribution in [0.15, 0.2) is 0 Å². The molecule has 0 spiro atoms. The largest absolute Gasteiger partial charge is 1.00 e. The Hall–Kier alpha value is 0.880. The molecule has 49 valence electrons. The molecule has 0 saturated carbocycles. The van der Waals surface area contributed by atoms with Gasteiger partial charge in [-0.1, -0.05) is 0 Å². The Morgan fingerprint density at radius 1 is 1.56 bits per heavy atom. The van der Waals surface area contributed by atoms with Crippen LogP contribution in [0.1, 0.15) is 0 Å². The van der Waals surface area contributed by atoms with E-state index in [4.69, 9.17) is 4.74 Å². The summed E-state index contributed by atoms with van der Waals surface area (Å²) in [6.45, 7) is 4.76. The Labute approximate surface area is 78.0 Å². The predicted molar refractivity (Wildman–Crippen MR) is 29.7 cm³/mol. The molecule has 1 aliphatic rings. The van der Waals surface area contributed by atoms with Gasteiger partial charge in [0.2, 0.25) is 0 Å². The second kappa shape index (κ2) is 6.99. The number of morpholine rings is 1. The third-order valence-electron chi connectivity index (χ3n) is 1.09. The van der Waals surface area contributed by atoms with Crippen LogP contribution in [0.25, 0.3) is 0 Å². The zero-order valence-electron chi connectivity index (χ0n) is 6.00. The van der Waals surface area contributed by atoms with Crippen LogP contribution in [0.5, 0.6) is 0 Å². The van der Waals surface area contributed by atoms with E-state index in [-0.39, 0.29) is 35.0 Å². The molecule has 0 aromatic heterocycles. The minimum atomic E-state index is 0. The van der Waals surface area contributed by atoms with Gasteiger partial charge in [0.15, 0.2) is 0 Å². The minimum Gasteiger partial charge on any atom is -0.870 e. The monoisotopic (exact) mass is 140 g/mol. The van der Waals surface area contributed by atoms with Crippen molar-refractivity contribution in [1.82, 2.24) is 4.90 Å². The third kappa shape index (κ3) is 5.33. The van der Waals surface area contributed by atoms with Crippen LogP contribution >= 0.6 is 0 Å². The van der Waals surface area contributed by atoms with Crippen molar-refractivity contribution >= 4 is 0 Å². The van der Waals surface area contributed by atoms with Crippen LogP contribution in [-0.4, -0.2) is 37.2 Å². The average Bonchev–Trinajstić information content (AvgIpc) is 1.69. The molecule has 0 amide bonds. The van der Waals surface area contributed by atoms with Gasteiger partial charge >= 0.3 is 29.6 Å². The van der Waals surface area contributed by atoms with E-state index in [0.717, 1.165) is 19.8 Å². The summed E-state index contributed by atoms with van der Waals surface area (Å²) in [6.07, 6.45) is 0. The molecule has 3 nitrogen and oxygen atoms in total. The summed E-state index contributed by atoms with van der Waals surface area (Å²) in [5, 5.41) is 0. The molecule has 1 aliphatic heterocycles. The van der Waals surface area contributed by atoms with E-state index in [9.17, 15) is 0 Å². The fraction of sp³-hybridized carbons (Fsp3) is 0.800. The standard InChI is InChI=1S/C5H10NO.Na.H2O/c1-6-2-4-7-5-3-6;;/h2H,3-5H2,1H3;;1H2/q;+1;/p-1. The van der Waals surface area contributed by atoms with E-state index in [1.165, 1.54) is 0 Å². The zero-order valence-corrected chi connectivity index (χ0v) is 8.00. The van der Waals surface area contributed by atoms with E-state index >= 15 is 0 Å². The number of hydrogen-bond donors (Lipinski definition) is 0. The first-order valence-corrected chi connectivity index (χ1v) is 2.51. The molecular formula is C5H11NNaO2. The van der Waals surface area contributed by atoms with E-state index < -0.39 is 0 Å². The van der Waals surface area contributed by atoms with Gasteiger partial charge in [-0.3, -0.25) is 4.90 Å². The summed E-state index contributed by atoms with van der Waals surface area (Å²) >= 11 is 0. The maximum Gasteiger partial charge on any atom is 1.00 e. The SMILES string of the molecule is CN1[CH]COCC1.[Na+].[OH-]. The maximum absolute atomic E-state index is 5.04. The first-order valence-electron chi connectivity index (χ1n) is 2.51. The fourth-order valence-corrected chi connectivity index (χ4v) is 0.563. The summed E-state index contributed by atoms with van der Waals surface area (Å²) in [5.41, 5.74) is 0. The molecule has 1 N–H and O–H groups in total. The van der Waals surface area contributed by atoms with Crippen molar-refractivity contribution in [3.8, 4) is 0 Å². The molecule has 1 radical (unpaired) electrons. The second-order valence-electron chi connectivity index (χ2n) is 1.74. The maximum atomic E-state index is 5.04. The number of likely N-dealkylation sites (N-methyl/N-ethyl adjacent to an activating group) is 1. The summed E-state index contributed by atoms with van der Waals surface area (Å²) in [5.74, 6) is 0. The van der Waals surface area contributed by atoms with E-state index in [2.05, 4.69) is 11.9 Å². The Bertz CT molecular complexity index is 56.9. The quantitative estimate of drug-likeness (QED) is 0.335. The second-order valence-corrected chi connectivity index (χ2v) is 1.74. The first kappa shape index (κ1) is 12.5. The molecule has 0 aliphatic carbocycles. The minimum absolute atomic E-state index is 0. The Kier molecular flexibility index (Phi) is 9.75. The summed E-state index contributed by atoms with van der Waals surface area (Å²) in [6, 6.07) is 0. The van der Waals surface area contributed by atoms with Crippen LogP contribution in [-0.2, 0) is 4.74 Å². The smallest absolute Gasteiger partial charge is 0.870 e. The summed E-state index contributed by atoms with van der Waals surface area (Å²) in [4.78, 5) is 2.14. The number of nitrogens with zero attached hydrogens (tertiary/aromatic N) is 1. The third-order valence-corrected chi connectivity index (χ3v) is 1.09. The van der Waals surface area contributed by atoms with Gasteiger partial charge in [-0.2, -0.15) is 0 Å². The normalized spacial score (nSPS) is 19.7. The van der Waals surface area contributed by atoms with E-state index in [0.29, 0.717) is 0 Å². The molecule has 1 rings (SSSR count). The number of hydrogen-bond acceptors (Lipinski definition) is 3. The zero-order chi connectivity index (χ0) is 5.11. The summed E-state index contributed by atoms with van der Waals surface area (Å²) < 4.78 is 5.04. The molecule has 0 atom stereocenters. The van der Waals surface area contributed by atoms with Gasteiger partial charge in [0.25, 0.3) is 0 Å². The summed E-state index contributed by atoms with van der Waals surface area (Å²) in [7, 11) is 2.06. The van der Waals surface area contributed by atoms with Crippen molar-refractivity contribution in [1.29, 1.82) is 0 Å².